The summed E-state index contributed by atoms with van der Waals surface area (Å²) in [6.07, 6.45) is 3.78. The van der Waals surface area contributed by atoms with Crippen molar-refractivity contribution in [2.75, 3.05) is 18.9 Å². The fraction of sp³-hybridized carbons (Fsp3) is 0.565. The molecule has 2 atom stereocenters. The number of nitrogens with zero attached hydrogens (tertiary/aromatic N) is 2. The SMILES string of the molecule is CC[C@H](C)NC(=O)CSc1nc2ccccc2c(=O)n1CCCC(=O)NC[C@@H]1CCCO1. The number of thioether (sulfide) groups is 1. The third-order valence-electron chi connectivity index (χ3n) is 5.52. The van der Waals surface area contributed by atoms with Crippen LogP contribution in [0.15, 0.2) is 34.2 Å². The highest BCUT2D eigenvalue weighted by atomic mass is 32.2. The van der Waals surface area contributed by atoms with Crippen LogP contribution in [0.4, 0.5) is 0 Å². The van der Waals surface area contributed by atoms with Crippen molar-refractivity contribution < 1.29 is 14.3 Å². The number of carbonyl (C=O) groups excluding carboxylic acids is 2. The standard InChI is InChI=1S/C23H32N4O4S/c1-3-16(2)25-21(29)15-32-23-26-19-10-5-4-9-18(19)22(30)27(23)12-6-11-20(28)24-14-17-8-7-13-31-17/h4-5,9-10,16-17H,3,6-8,11-15H2,1-2H3,(H,24,28)(H,25,29)/t16-,17-/m0/s1. The second-order valence-electron chi connectivity index (χ2n) is 8.08. The van der Waals surface area contributed by atoms with Crippen molar-refractivity contribution in [3.8, 4) is 0 Å². The van der Waals surface area contributed by atoms with Gasteiger partial charge in [-0.25, -0.2) is 4.98 Å². The van der Waals surface area contributed by atoms with Crippen LogP contribution in [0, 0.1) is 0 Å². The Morgan fingerprint density at radius 2 is 2.12 bits per heavy atom. The zero-order valence-corrected chi connectivity index (χ0v) is 19.6. The fourth-order valence-electron chi connectivity index (χ4n) is 3.52. The molecular weight excluding hydrogens is 428 g/mol. The maximum Gasteiger partial charge on any atom is 0.262 e. The maximum absolute atomic E-state index is 13.1. The van der Waals surface area contributed by atoms with Gasteiger partial charge in [-0.05, 0) is 44.7 Å². The summed E-state index contributed by atoms with van der Waals surface area (Å²) in [6, 6.07) is 7.29. The summed E-state index contributed by atoms with van der Waals surface area (Å²) >= 11 is 1.25. The number of rotatable bonds is 11. The normalized spacial score (nSPS) is 16.8. The topological polar surface area (TPSA) is 102 Å². The summed E-state index contributed by atoms with van der Waals surface area (Å²) in [5.41, 5.74) is 0.452. The van der Waals surface area contributed by atoms with Crippen LogP contribution in [0.3, 0.4) is 0 Å². The van der Waals surface area contributed by atoms with Gasteiger partial charge in [-0.1, -0.05) is 30.8 Å². The molecule has 2 N–H and O–H groups in total. The van der Waals surface area contributed by atoms with E-state index in [1.165, 1.54) is 11.8 Å². The zero-order valence-electron chi connectivity index (χ0n) is 18.8. The average Bonchev–Trinajstić information content (AvgIpc) is 3.31. The minimum absolute atomic E-state index is 0.0515. The van der Waals surface area contributed by atoms with Crippen molar-refractivity contribution in [3.05, 3.63) is 34.6 Å². The van der Waals surface area contributed by atoms with Gasteiger partial charge in [-0.3, -0.25) is 19.0 Å². The van der Waals surface area contributed by atoms with Gasteiger partial charge in [0.15, 0.2) is 5.16 Å². The molecule has 8 nitrogen and oxygen atoms in total. The molecule has 3 rings (SSSR count). The lowest BCUT2D eigenvalue weighted by molar-refractivity contribution is -0.122. The number of fused-ring (bicyclic) bond motifs is 1. The maximum atomic E-state index is 13.1. The van der Waals surface area contributed by atoms with Crippen LogP contribution in [-0.4, -0.2) is 52.4 Å². The van der Waals surface area contributed by atoms with Crippen LogP contribution in [0.2, 0.25) is 0 Å². The Kier molecular flexibility index (Phi) is 9.11. The van der Waals surface area contributed by atoms with Gasteiger partial charge in [0.05, 0.1) is 22.8 Å². The molecular formula is C23H32N4O4S. The third-order valence-corrected chi connectivity index (χ3v) is 6.49. The van der Waals surface area contributed by atoms with E-state index in [1.807, 2.05) is 19.9 Å². The highest BCUT2D eigenvalue weighted by Crippen LogP contribution is 2.18. The van der Waals surface area contributed by atoms with E-state index >= 15 is 0 Å². The first-order chi connectivity index (χ1) is 15.5. The monoisotopic (exact) mass is 460 g/mol. The lowest BCUT2D eigenvalue weighted by atomic mass is 10.2. The van der Waals surface area contributed by atoms with Crippen LogP contribution in [0.25, 0.3) is 10.9 Å². The number of carbonyl (C=O) groups is 2. The smallest absolute Gasteiger partial charge is 0.262 e. The Bertz CT molecular complexity index is 988. The predicted octanol–water partition coefficient (Wildman–Crippen LogP) is 2.48. The Morgan fingerprint density at radius 3 is 2.88 bits per heavy atom. The number of amides is 2. The number of benzene rings is 1. The number of hydrogen-bond acceptors (Lipinski definition) is 6. The Balaban J connectivity index is 1.64. The van der Waals surface area contributed by atoms with E-state index in [0.29, 0.717) is 42.0 Å². The van der Waals surface area contributed by atoms with Crippen molar-refractivity contribution in [3.63, 3.8) is 0 Å². The van der Waals surface area contributed by atoms with Crippen LogP contribution < -0.4 is 16.2 Å². The molecule has 32 heavy (non-hydrogen) atoms. The first-order valence-corrected chi connectivity index (χ1v) is 12.3. The minimum atomic E-state index is -0.153. The molecule has 1 fully saturated rings. The summed E-state index contributed by atoms with van der Waals surface area (Å²) in [6.45, 7) is 5.62. The zero-order chi connectivity index (χ0) is 22.9. The second-order valence-corrected chi connectivity index (χ2v) is 9.02. The number of ether oxygens (including phenoxy) is 1. The molecule has 1 aromatic heterocycles. The summed E-state index contributed by atoms with van der Waals surface area (Å²) in [5, 5.41) is 6.86. The highest BCUT2D eigenvalue weighted by molar-refractivity contribution is 7.99. The van der Waals surface area contributed by atoms with Crippen LogP contribution in [-0.2, 0) is 20.9 Å². The first kappa shape index (κ1) is 24.3. The molecule has 174 valence electrons. The molecule has 0 bridgehead atoms. The molecule has 0 unspecified atom stereocenters. The third kappa shape index (κ3) is 6.80. The quantitative estimate of drug-likeness (QED) is 0.395. The van der Waals surface area contributed by atoms with E-state index in [-0.39, 0.29) is 35.3 Å². The number of aromatic nitrogens is 2. The van der Waals surface area contributed by atoms with Gasteiger partial charge in [0.2, 0.25) is 11.8 Å². The summed E-state index contributed by atoms with van der Waals surface area (Å²) in [7, 11) is 0. The molecule has 1 aliphatic heterocycles. The van der Waals surface area contributed by atoms with E-state index in [4.69, 9.17) is 4.74 Å². The van der Waals surface area contributed by atoms with Crippen LogP contribution >= 0.6 is 11.8 Å². The molecule has 0 radical (unpaired) electrons. The Labute approximate surface area is 192 Å². The van der Waals surface area contributed by atoms with Crippen molar-refractivity contribution >= 4 is 34.5 Å². The number of nitrogens with one attached hydrogen (secondary N) is 2. The summed E-state index contributed by atoms with van der Waals surface area (Å²) < 4.78 is 7.10. The van der Waals surface area contributed by atoms with Gasteiger partial charge < -0.3 is 15.4 Å². The molecule has 9 heteroatoms. The second kappa shape index (κ2) is 12.0. The van der Waals surface area contributed by atoms with Gasteiger partial charge in [-0.15, -0.1) is 0 Å². The van der Waals surface area contributed by atoms with E-state index in [9.17, 15) is 14.4 Å². The first-order valence-electron chi connectivity index (χ1n) is 11.3. The molecule has 2 amide bonds. The van der Waals surface area contributed by atoms with Gasteiger partial charge in [-0.2, -0.15) is 0 Å². The fourth-order valence-corrected chi connectivity index (χ4v) is 4.36. The minimum Gasteiger partial charge on any atom is -0.376 e. The van der Waals surface area contributed by atoms with Crippen molar-refractivity contribution in [1.29, 1.82) is 0 Å². The molecule has 0 spiro atoms. The van der Waals surface area contributed by atoms with Gasteiger partial charge in [0.1, 0.15) is 0 Å². The van der Waals surface area contributed by atoms with Gasteiger partial charge in [0, 0.05) is 32.2 Å². The average molecular weight is 461 g/mol. The largest absolute Gasteiger partial charge is 0.376 e. The lowest BCUT2D eigenvalue weighted by Crippen LogP contribution is -2.33. The Morgan fingerprint density at radius 1 is 1.31 bits per heavy atom. The molecule has 0 saturated carbocycles. The molecule has 0 aliphatic carbocycles. The van der Waals surface area contributed by atoms with Crippen molar-refractivity contribution in [1.82, 2.24) is 20.2 Å². The molecule has 1 aliphatic rings. The molecule has 2 heterocycles. The van der Waals surface area contributed by atoms with Crippen molar-refractivity contribution in [2.45, 2.75) is 69.8 Å². The van der Waals surface area contributed by atoms with Crippen molar-refractivity contribution in [2.24, 2.45) is 0 Å². The number of hydrogen-bond donors (Lipinski definition) is 2. The summed E-state index contributed by atoms with van der Waals surface area (Å²) in [4.78, 5) is 42.1. The molecule has 1 saturated heterocycles. The number of para-hydroxylation sites is 1. The van der Waals surface area contributed by atoms with Crippen LogP contribution in [0.5, 0.6) is 0 Å². The van der Waals surface area contributed by atoms with Crippen LogP contribution in [0.1, 0.15) is 46.0 Å². The van der Waals surface area contributed by atoms with E-state index in [1.54, 1.807) is 22.8 Å². The van der Waals surface area contributed by atoms with Gasteiger partial charge >= 0.3 is 0 Å². The molecule has 1 aromatic carbocycles. The lowest BCUT2D eigenvalue weighted by Gasteiger charge is -2.15. The predicted molar refractivity (Wildman–Crippen MR) is 126 cm³/mol. The van der Waals surface area contributed by atoms with E-state index in [0.717, 1.165) is 25.9 Å². The highest BCUT2D eigenvalue weighted by Gasteiger charge is 2.17. The Hall–Kier alpha value is -2.39. The van der Waals surface area contributed by atoms with E-state index < -0.39 is 0 Å². The summed E-state index contributed by atoms with van der Waals surface area (Å²) in [5.74, 6) is 0.0352. The van der Waals surface area contributed by atoms with Gasteiger partial charge in [0.25, 0.3) is 5.56 Å². The van der Waals surface area contributed by atoms with E-state index in [2.05, 4.69) is 15.6 Å². The molecule has 2 aromatic rings.